The Hall–Kier alpha value is -3.03. The van der Waals surface area contributed by atoms with Gasteiger partial charge in [0.15, 0.2) is 5.43 Å². The second-order valence-corrected chi connectivity index (χ2v) is 7.39. The second kappa shape index (κ2) is 6.29. The summed E-state index contributed by atoms with van der Waals surface area (Å²) in [6, 6.07) is 11.0. The van der Waals surface area contributed by atoms with Crippen LogP contribution in [0.4, 0.5) is 5.95 Å². The van der Waals surface area contributed by atoms with Crippen molar-refractivity contribution in [3.05, 3.63) is 86.1 Å². The van der Waals surface area contributed by atoms with E-state index < -0.39 is 0 Å². The molecule has 0 spiro atoms. The molecule has 1 unspecified atom stereocenters. The van der Waals surface area contributed by atoms with Crippen LogP contribution < -0.4 is 10.3 Å². The van der Waals surface area contributed by atoms with Crippen LogP contribution >= 0.6 is 11.3 Å². The summed E-state index contributed by atoms with van der Waals surface area (Å²) < 4.78 is 0. The lowest BCUT2D eigenvalue weighted by atomic mass is 10.0. The van der Waals surface area contributed by atoms with Crippen molar-refractivity contribution in [1.82, 2.24) is 15.0 Å². The van der Waals surface area contributed by atoms with Gasteiger partial charge >= 0.3 is 0 Å². The first kappa shape index (κ1) is 16.2. The van der Waals surface area contributed by atoms with Gasteiger partial charge in [0.05, 0.1) is 18.8 Å². The minimum atomic E-state index is -0.234. The largest absolute Gasteiger partial charge is 0.392 e. The summed E-state index contributed by atoms with van der Waals surface area (Å²) in [7, 11) is 0. The molecule has 134 valence electrons. The second-order valence-electron chi connectivity index (χ2n) is 6.44. The molecular weight excluding hydrogens is 360 g/mol. The van der Waals surface area contributed by atoms with Gasteiger partial charge in [-0.3, -0.25) is 4.79 Å². The summed E-state index contributed by atoms with van der Waals surface area (Å²) in [5.41, 5.74) is 3.27. The molecule has 0 amide bonds. The lowest BCUT2D eigenvalue weighted by Gasteiger charge is -2.25. The van der Waals surface area contributed by atoms with Crippen molar-refractivity contribution in [3.63, 3.8) is 0 Å². The Morgan fingerprint density at radius 1 is 1.19 bits per heavy atom. The fourth-order valence-electron chi connectivity index (χ4n) is 3.72. The number of nitrogens with one attached hydrogen (secondary N) is 1. The van der Waals surface area contributed by atoms with Crippen molar-refractivity contribution in [1.29, 1.82) is 0 Å². The van der Waals surface area contributed by atoms with Crippen molar-refractivity contribution in [2.24, 2.45) is 0 Å². The Kier molecular flexibility index (Phi) is 3.77. The Morgan fingerprint density at radius 3 is 2.81 bits per heavy atom. The zero-order valence-electron chi connectivity index (χ0n) is 14.3. The molecule has 5 rings (SSSR count). The standard InChI is InChI=1S/C20H16N4O2S/c25-11-12-6-9-27-19(12)17-16-14(10-24(17)20-21-7-3-8-22-20)18(26)13-4-1-2-5-15(13)23-16/h1-9,17,25H,10-11H2,(H,23,26). The summed E-state index contributed by atoms with van der Waals surface area (Å²) >= 11 is 1.57. The van der Waals surface area contributed by atoms with Crippen molar-refractivity contribution < 1.29 is 5.11 Å². The summed E-state index contributed by atoms with van der Waals surface area (Å²) in [4.78, 5) is 28.4. The van der Waals surface area contributed by atoms with Gasteiger partial charge in [0.25, 0.3) is 0 Å². The quantitative estimate of drug-likeness (QED) is 0.574. The molecule has 0 saturated carbocycles. The highest BCUT2D eigenvalue weighted by Gasteiger charge is 2.37. The van der Waals surface area contributed by atoms with Gasteiger partial charge in [-0.05, 0) is 35.2 Å². The lowest BCUT2D eigenvalue weighted by Crippen LogP contribution is -2.25. The number of aromatic amines is 1. The monoisotopic (exact) mass is 376 g/mol. The molecule has 0 fully saturated rings. The van der Waals surface area contributed by atoms with Crippen LogP contribution in [0.1, 0.15) is 27.7 Å². The molecule has 6 nitrogen and oxygen atoms in total. The fourth-order valence-corrected chi connectivity index (χ4v) is 4.76. The summed E-state index contributed by atoms with van der Waals surface area (Å²) in [5, 5.41) is 12.4. The van der Waals surface area contributed by atoms with Crippen molar-refractivity contribution >= 4 is 28.2 Å². The number of benzene rings is 1. The molecule has 0 radical (unpaired) electrons. The number of aliphatic hydroxyl groups excluding tert-OH is 1. The van der Waals surface area contributed by atoms with Crippen LogP contribution in [-0.4, -0.2) is 20.1 Å². The third kappa shape index (κ3) is 2.47. The average Bonchev–Trinajstić information content (AvgIpc) is 3.33. The number of pyridine rings is 1. The number of fused-ring (bicyclic) bond motifs is 2. The first-order valence-electron chi connectivity index (χ1n) is 8.62. The molecule has 2 N–H and O–H groups in total. The number of H-pyrrole nitrogens is 1. The zero-order valence-corrected chi connectivity index (χ0v) is 15.1. The van der Waals surface area contributed by atoms with Gasteiger partial charge in [-0.1, -0.05) is 12.1 Å². The van der Waals surface area contributed by atoms with Gasteiger partial charge in [0, 0.05) is 33.7 Å². The van der Waals surface area contributed by atoms with E-state index in [-0.39, 0.29) is 18.1 Å². The van der Waals surface area contributed by atoms with Crippen molar-refractivity contribution in [2.45, 2.75) is 19.2 Å². The third-order valence-corrected chi connectivity index (χ3v) is 5.97. The number of hydrogen-bond donors (Lipinski definition) is 2. The molecule has 4 heterocycles. The summed E-state index contributed by atoms with van der Waals surface area (Å²) in [6.45, 7) is 0.374. The lowest BCUT2D eigenvalue weighted by molar-refractivity contribution is 0.281. The van der Waals surface area contributed by atoms with Gasteiger partial charge in [-0.15, -0.1) is 11.3 Å². The highest BCUT2D eigenvalue weighted by molar-refractivity contribution is 7.10. The predicted octanol–water partition coefficient (Wildman–Crippen LogP) is 2.98. The number of anilines is 1. The molecule has 1 aliphatic rings. The highest BCUT2D eigenvalue weighted by Crippen LogP contribution is 2.42. The molecule has 0 saturated heterocycles. The Bertz CT molecular complexity index is 1190. The van der Waals surface area contributed by atoms with Gasteiger partial charge in [0.2, 0.25) is 5.95 Å². The Balaban J connectivity index is 1.78. The van der Waals surface area contributed by atoms with Crippen LogP contribution in [0, 0.1) is 0 Å². The molecule has 3 aromatic heterocycles. The van der Waals surface area contributed by atoms with E-state index in [1.807, 2.05) is 40.6 Å². The van der Waals surface area contributed by atoms with E-state index in [1.165, 1.54) is 0 Å². The normalized spacial score (nSPS) is 16.0. The molecule has 1 aromatic carbocycles. The zero-order chi connectivity index (χ0) is 18.4. The molecule has 7 heteroatoms. The molecular formula is C20H16N4O2S. The van der Waals surface area contributed by atoms with Crippen LogP contribution in [-0.2, 0) is 13.2 Å². The first-order chi connectivity index (χ1) is 13.3. The maximum Gasteiger partial charge on any atom is 0.226 e. The molecule has 1 aliphatic heterocycles. The van der Waals surface area contributed by atoms with E-state index in [4.69, 9.17) is 0 Å². The van der Waals surface area contributed by atoms with Crippen LogP contribution in [0.2, 0.25) is 0 Å². The Labute approximate surface area is 158 Å². The number of aromatic nitrogens is 3. The smallest absolute Gasteiger partial charge is 0.226 e. The molecule has 1 atom stereocenters. The van der Waals surface area contributed by atoms with E-state index in [9.17, 15) is 9.90 Å². The molecule has 4 aromatic rings. The topological polar surface area (TPSA) is 82.1 Å². The van der Waals surface area contributed by atoms with Gasteiger partial charge in [-0.25, -0.2) is 9.97 Å². The number of hydrogen-bond acceptors (Lipinski definition) is 6. The van der Waals surface area contributed by atoms with Crippen LogP contribution in [0.25, 0.3) is 10.9 Å². The van der Waals surface area contributed by atoms with Gasteiger partial charge in [0.1, 0.15) is 6.04 Å². The van der Waals surface area contributed by atoms with Gasteiger partial charge in [-0.2, -0.15) is 0 Å². The molecule has 0 aliphatic carbocycles. The minimum Gasteiger partial charge on any atom is -0.392 e. The van der Waals surface area contributed by atoms with Crippen LogP contribution in [0.3, 0.4) is 0 Å². The van der Waals surface area contributed by atoms with Crippen molar-refractivity contribution in [2.75, 3.05) is 4.90 Å². The van der Waals surface area contributed by atoms with Gasteiger partial charge < -0.3 is 15.0 Å². The van der Waals surface area contributed by atoms with E-state index >= 15 is 0 Å². The first-order valence-corrected chi connectivity index (χ1v) is 9.50. The van der Waals surface area contributed by atoms with E-state index in [1.54, 1.807) is 29.8 Å². The Morgan fingerprint density at radius 2 is 2.00 bits per heavy atom. The minimum absolute atomic E-state index is 0.0323. The number of thiophene rings is 1. The van der Waals surface area contributed by atoms with E-state index in [0.29, 0.717) is 17.9 Å². The van der Waals surface area contributed by atoms with Crippen molar-refractivity contribution in [3.8, 4) is 0 Å². The third-order valence-electron chi connectivity index (χ3n) is 4.96. The number of para-hydroxylation sites is 1. The molecule has 0 bridgehead atoms. The predicted molar refractivity (Wildman–Crippen MR) is 105 cm³/mol. The maximum absolute atomic E-state index is 13.1. The van der Waals surface area contributed by atoms with Crippen LogP contribution in [0.5, 0.6) is 0 Å². The number of nitrogens with zero attached hydrogens (tertiary/aromatic N) is 3. The fraction of sp³-hybridized carbons (Fsp3) is 0.150. The SMILES string of the molecule is O=c1c2c([nH]c3ccccc13)C(c1sccc1CO)N(c1ncccn1)C2. The summed E-state index contributed by atoms with van der Waals surface area (Å²) in [5.74, 6) is 0.563. The molecule has 27 heavy (non-hydrogen) atoms. The number of rotatable bonds is 3. The number of aliphatic hydroxyl groups is 1. The van der Waals surface area contributed by atoms with Crippen LogP contribution in [0.15, 0.2) is 59.0 Å². The van der Waals surface area contributed by atoms with E-state index in [2.05, 4.69) is 15.0 Å². The summed E-state index contributed by atoms with van der Waals surface area (Å²) in [6.07, 6.45) is 3.39. The average molecular weight is 376 g/mol. The maximum atomic E-state index is 13.1. The van der Waals surface area contributed by atoms with E-state index in [0.717, 1.165) is 27.2 Å². The highest BCUT2D eigenvalue weighted by atomic mass is 32.1.